The molecule has 5 nitrogen and oxygen atoms in total. The second-order valence-electron chi connectivity index (χ2n) is 4.60. The largest absolute Gasteiger partial charge is 0.358 e. The van der Waals surface area contributed by atoms with Crippen LogP contribution in [0.4, 0.5) is 10.2 Å². The zero-order valence-electron chi connectivity index (χ0n) is 10.4. The number of aromatic nitrogens is 2. The van der Waals surface area contributed by atoms with Crippen molar-refractivity contribution in [3.05, 3.63) is 30.3 Å². The molecule has 19 heavy (non-hydrogen) atoms. The van der Waals surface area contributed by atoms with Gasteiger partial charge in [0.1, 0.15) is 24.0 Å². The first-order valence-corrected chi connectivity index (χ1v) is 6.07. The Balaban J connectivity index is 2.00. The topological polar surface area (TPSA) is 58.1 Å². The Bertz CT molecular complexity index is 640. The number of hydrogen-bond acceptors (Lipinski definition) is 4. The average Bonchev–Trinajstić information content (AvgIpc) is 2.71. The molecule has 2 aromatic rings. The molecule has 1 aliphatic heterocycles. The van der Waals surface area contributed by atoms with Crippen LogP contribution in [0.25, 0.3) is 10.9 Å². The third-order valence-corrected chi connectivity index (χ3v) is 3.35. The lowest BCUT2D eigenvalue weighted by molar-refractivity contribution is -0.127. The van der Waals surface area contributed by atoms with Crippen LogP contribution in [0.5, 0.6) is 0 Å². The number of amides is 1. The average molecular weight is 260 g/mol. The number of rotatable bonds is 2. The van der Waals surface area contributed by atoms with E-state index in [1.54, 1.807) is 24.1 Å². The van der Waals surface area contributed by atoms with Gasteiger partial charge in [0.05, 0.1) is 10.9 Å². The molecule has 0 saturated carbocycles. The lowest BCUT2D eigenvalue weighted by Crippen LogP contribution is -2.31. The predicted molar refractivity (Wildman–Crippen MR) is 69.2 cm³/mol. The summed E-state index contributed by atoms with van der Waals surface area (Å²) in [5.41, 5.74) is 0.524. The molecular weight excluding hydrogens is 247 g/mol. The Morgan fingerprint density at radius 3 is 3.00 bits per heavy atom. The summed E-state index contributed by atoms with van der Waals surface area (Å²) in [5.74, 6) is -0.0146. The maximum atomic E-state index is 13.9. The molecule has 1 aliphatic rings. The van der Waals surface area contributed by atoms with Crippen LogP contribution in [0.3, 0.4) is 0 Å². The minimum Gasteiger partial charge on any atom is -0.358 e. The number of hydrogen-bond donors (Lipinski definition) is 1. The van der Waals surface area contributed by atoms with Crippen molar-refractivity contribution in [2.45, 2.75) is 12.5 Å². The normalized spacial score (nSPS) is 19.2. The van der Waals surface area contributed by atoms with Gasteiger partial charge in [0, 0.05) is 13.6 Å². The van der Waals surface area contributed by atoms with Crippen LogP contribution in [0, 0.1) is 5.82 Å². The van der Waals surface area contributed by atoms with Gasteiger partial charge in [-0.3, -0.25) is 4.79 Å². The van der Waals surface area contributed by atoms with Gasteiger partial charge in [-0.25, -0.2) is 14.4 Å². The Kier molecular flexibility index (Phi) is 2.77. The summed E-state index contributed by atoms with van der Waals surface area (Å²) in [5, 5.41) is 3.35. The first kappa shape index (κ1) is 11.8. The number of nitrogens with zero attached hydrogens (tertiary/aromatic N) is 3. The van der Waals surface area contributed by atoms with Crippen LogP contribution in [-0.4, -0.2) is 40.4 Å². The molecule has 0 bridgehead atoms. The lowest BCUT2D eigenvalue weighted by atomic mass is 10.2. The van der Waals surface area contributed by atoms with E-state index in [1.807, 2.05) is 0 Å². The van der Waals surface area contributed by atoms with Crippen molar-refractivity contribution in [2.75, 3.05) is 18.9 Å². The highest BCUT2D eigenvalue weighted by atomic mass is 19.1. The van der Waals surface area contributed by atoms with Crippen molar-refractivity contribution >= 4 is 22.6 Å². The van der Waals surface area contributed by atoms with Crippen LogP contribution < -0.4 is 5.32 Å². The highest BCUT2D eigenvalue weighted by Crippen LogP contribution is 2.24. The Labute approximate surface area is 109 Å². The first-order valence-electron chi connectivity index (χ1n) is 6.07. The summed E-state index contributed by atoms with van der Waals surface area (Å²) < 4.78 is 13.9. The molecule has 1 unspecified atom stereocenters. The number of fused-ring (bicyclic) bond motifs is 1. The van der Waals surface area contributed by atoms with Gasteiger partial charge >= 0.3 is 0 Å². The molecule has 1 N–H and O–H groups in total. The minimum atomic E-state index is -0.389. The van der Waals surface area contributed by atoms with Crippen LogP contribution >= 0.6 is 0 Å². The molecule has 6 heteroatoms. The van der Waals surface area contributed by atoms with Crippen LogP contribution in [0.15, 0.2) is 24.5 Å². The second-order valence-corrected chi connectivity index (χ2v) is 4.60. The molecule has 1 atom stereocenters. The van der Waals surface area contributed by atoms with Crippen molar-refractivity contribution in [2.24, 2.45) is 0 Å². The summed E-state index contributed by atoms with van der Waals surface area (Å²) in [6, 6.07) is 4.33. The highest BCUT2D eigenvalue weighted by Gasteiger charge is 2.29. The Morgan fingerprint density at radius 2 is 2.26 bits per heavy atom. The number of carbonyl (C=O) groups is 1. The number of benzene rings is 1. The van der Waals surface area contributed by atoms with Gasteiger partial charge in [-0.05, 0) is 18.6 Å². The summed E-state index contributed by atoms with van der Waals surface area (Å²) in [4.78, 5) is 21.6. The number of likely N-dealkylation sites (N-methyl/N-ethyl adjacent to an activating group) is 1. The summed E-state index contributed by atoms with van der Waals surface area (Å²) in [7, 11) is 1.75. The molecule has 2 heterocycles. The van der Waals surface area contributed by atoms with Crippen molar-refractivity contribution in [3.63, 3.8) is 0 Å². The van der Waals surface area contributed by atoms with Crippen molar-refractivity contribution < 1.29 is 9.18 Å². The predicted octanol–water partition coefficient (Wildman–Crippen LogP) is 1.41. The summed E-state index contributed by atoms with van der Waals surface area (Å²) in [6.07, 6.45) is 2.06. The molecule has 3 rings (SSSR count). The SMILES string of the molecule is CN1CCC(Nc2ncnc3cccc(F)c23)C1=O. The fourth-order valence-electron chi connectivity index (χ4n) is 2.30. The van der Waals surface area contributed by atoms with E-state index >= 15 is 0 Å². The Morgan fingerprint density at radius 1 is 1.42 bits per heavy atom. The molecule has 1 fully saturated rings. The minimum absolute atomic E-state index is 0.00287. The van der Waals surface area contributed by atoms with Gasteiger partial charge in [-0.1, -0.05) is 6.07 Å². The second kappa shape index (κ2) is 4.46. The quantitative estimate of drug-likeness (QED) is 0.887. The molecule has 1 aromatic carbocycles. The van der Waals surface area contributed by atoms with Crippen LogP contribution in [0.1, 0.15) is 6.42 Å². The van der Waals surface area contributed by atoms with Crippen LogP contribution in [-0.2, 0) is 4.79 Å². The molecule has 1 aromatic heterocycles. The van der Waals surface area contributed by atoms with Crippen LogP contribution in [0.2, 0.25) is 0 Å². The van der Waals surface area contributed by atoms with Gasteiger partial charge in [0.15, 0.2) is 0 Å². The Hall–Kier alpha value is -2.24. The standard InChI is InChI=1S/C13H13FN4O/c1-18-6-5-10(13(18)19)17-12-11-8(14)3-2-4-9(11)15-7-16-12/h2-4,7,10H,5-6H2,1H3,(H,15,16,17). The molecule has 0 spiro atoms. The number of carbonyl (C=O) groups excluding carboxylic acids is 1. The molecular formula is C13H13FN4O. The zero-order valence-corrected chi connectivity index (χ0v) is 10.4. The number of nitrogens with one attached hydrogen (secondary N) is 1. The third-order valence-electron chi connectivity index (χ3n) is 3.35. The van der Waals surface area contributed by atoms with Crippen molar-refractivity contribution in [3.8, 4) is 0 Å². The molecule has 98 valence electrons. The fraction of sp³-hybridized carbons (Fsp3) is 0.308. The van der Waals surface area contributed by atoms with Crippen molar-refractivity contribution in [1.82, 2.24) is 14.9 Å². The number of anilines is 1. The highest BCUT2D eigenvalue weighted by molar-refractivity contribution is 5.93. The smallest absolute Gasteiger partial charge is 0.244 e. The van der Waals surface area contributed by atoms with Gasteiger partial charge in [-0.15, -0.1) is 0 Å². The third kappa shape index (κ3) is 1.99. The monoisotopic (exact) mass is 260 g/mol. The van der Waals surface area contributed by atoms with Gasteiger partial charge < -0.3 is 10.2 Å². The van der Waals surface area contributed by atoms with E-state index in [2.05, 4.69) is 15.3 Å². The van der Waals surface area contributed by atoms with Gasteiger partial charge in [-0.2, -0.15) is 0 Å². The van der Waals surface area contributed by atoms with E-state index in [-0.39, 0.29) is 17.8 Å². The van der Waals surface area contributed by atoms with E-state index in [0.717, 1.165) is 0 Å². The van der Waals surface area contributed by atoms with E-state index in [9.17, 15) is 9.18 Å². The van der Waals surface area contributed by atoms with E-state index in [0.29, 0.717) is 29.7 Å². The molecule has 1 saturated heterocycles. The molecule has 0 radical (unpaired) electrons. The number of halogens is 1. The first-order chi connectivity index (χ1) is 9.16. The lowest BCUT2D eigenvalue weighted by Gasteiger charge is -2.14. The fourth-order valence-corrected chi connectivity index (χ4v) is 2.30. The maximum absolute atomic E-state index is 13.9. The molecule has 0 aliphatic carbocycles. The molecule has 1 amide bonds. The van der Waals surface area contributed by atoms with E-state index in [4.69, 9.17) is 0 Å². The zero-order chi connectivity index (χ0) is 13.4. The number of likely N-dealkylation sites (tertiary alicyclic amines) is 1. The van der Waals surface area contributed by atoms with Gasteiger partial charge in [0.2, 0.25) is 5.91 Å². The van der Waals surface area contributed by atoms with Gasteiger partial charge in [0.25, 0.3) is 0 Å². The van der Waals surface area contributed by atoms with E-state index < -0.39 is 0 Å². The summed E-state index contributed by atoms with van der Waals surface area (Å²) in [6.45, 7) is 0.696. The maximum Gasteiger partial charge on any atom is 0.244 e. The van der Waals surface area contributed by atoms with Crippen molar-refractivity contribution in [1.29, 1.82) is 0 Å². The summed E-state index contributed by atoms with van der Waals surface area (Å²) >= 11 is 0. The van der Waals surface area contributed by atoms with E-state index in [1.165, 1.54) is 12.4 Å².